The van der Waals surface area contributed by atoms with E-state index in [1.54, 1.807) is 0 Å². The molecule has 2 atom stereocenters. The summed E-state index contributed by atoms with van der Waals surface area (Å²) in [6.07, 6.45) is 1.24. The predicted molar refractivity (Wildman–Crippen MR) is 88.5 cm³/mol. The van der Waals surface area contributed by atoms with Crippen LogP contribution in [0, 0.1) is 13.8 Å². The monoisotopic (exact) mass is 295 g/mol. The second-order valence-electron chi connectivity index (χ2n) is 5.95. The Bertz CT molecular complexity index is 421. The quantitative estimate of drug-likeness (QED) is 0.906. The van der Waals surface area contributed by atoms with E-state index in [0.29, 0.717) is 12.1 Å². The zero-order chi connectivity index (χ0) is 14.7. The van der Waals surface area contributed by atoms with Gasteiger partial charge >= 0.3 is 0 Å². The molecule has 0 spiro atoms. The van der Waals surface area contributed by atoms with Crippen molar-refractivity contribution in [3.8, 4) is 0 Å². The number of hydrogen-bond donors (Lipinski definition) is 1. The van der Waals surface area contributed by atoms with E-state index in [2.05, 4.69) is 43.6 Å². The third-order valence-corrected chi connectivity index (χ3v) is 5.65. The first-order chi connectivity index (χ1) is 9.56. The molecule has 1 aromatic heterocycles. The van der Waals surface area contributed by atoms with Crippen molar-refractivity contribution >= 4 is 11.3 Å². The van der Waals surface area contributed by atoms with Gasteiger partial charge in [0.15, 0.2) is 0 Å². The highest BCUT2D eigenvalue weighted by molar-refractivity contribution is 7.12. The van der Waals surface area contributed by atoms with Crippen molar-refractivity contribution in [1.82, 2.24) is 9.80 Å². The molecule has 0 aromatic carbocycles. The van der Waals surface area contributed by atoms with Gasteiger partial charge in [-0.2, -0.15) is 0 Å². The molecule has 1 aliphatic rings. The molecule has 0 amide bonds. The van der Waals surface area contributed by atoms with E-state index < -0.39 is 0 Å². The average Bonchev–Trinajstić information content (AvgIpc) is 2.78. The number of rotatable bonds is 5. The van der Waals surface area contributed by atoms with Crippen molar-refractivity contribution in [3.05, 3.63) is 21.4 Å². The normalized spacial score (nSPS) is 21.1. The fourth-order valence-corrected chi connectivity index (χ4v) is 4.18. The number of piperazine rings is 1. The van der Waals surface area contributed by atoms with Gasteiger partial charge in [0.1, 0.15) is 0 Å². The number of thiophene rings is 1. The van der Waals surface area contributed by atoms with E-state index in [-0.39, 0.29) is 0 Å². The minimum absolute atomic E-state index is 0.402. The van der Waals surface area contributed by atoms with Crippen LogP contribution in [0.4, 0.5) is 0 Å². The van der Waals surface area contributed by atoms with Crippen LogP contribution in [0.25, 0.3) is 0 Å². The van der Waals surface area contributed by atoms with Crippen LogP contribution in [0.3, 0.4) is 0 Å². The molecule has 2 N–H and O–H groups in total. The Balaban J connectivity index is 2.02. The largest absolute Gasteiger partial charge is 0.329 e. The van der Waals surface area contributed by atoms with E-state index in [4.69, 9.17) is 5.73 Å². The molecule has 1 aromatic rings. The summed E-state index contributed by atoms with van der Waals surface area (Å²) in [7, 11) is 0. The van der Waals surface area contributed by atoms with Crippen LogP contribution in [0.5, 0.6) is 0 Å². The zero-order valence-corrected chi connectivity index (χ0v) is 14.2. The highest BCUT2D eigenvalue weighted by atomic mass is 32.1. The SMILES string of the molecule is CCC(C)N1CCN(C(CN)c2cc(C)sc2C)CC1. The van der Waals surface area contributed by atoms with Crippen LogP contribution in [-0.2, 0) is 0 Å². The fraction of sp³-hybridized carbons (Fsp3) is 0.750. The Hall–Kier alpha value is -0.420. The van der Waals surface area contributed by atoms with E-state index in [0.717, 1.165) is 19.6 Å². The van der Waals surface area contributed by atoms with Gasteiger partial charge in [-0.25, -0.2) is 0 Å². The predicted octanol–water partition coefficient (Wildman–Crippen LogP) is 2.78. The van der Waals surface area contributed by atoms with Gasteiger partial charge in [0, 0.05) is 54.6 Å². The summed E-state index contributed by atoms with van der Waals surface area (Å²) >= 11 is 1.89. The molecule has 114 valence electrons. The van der Waals surface area contributed by atoms with Gasteiger partial charge in [-0.15, -0.1) is 11.3 Å². The first-order valence-corrected chi connectivity index (χ1v) is 8.63. The summed E-state index contributed by atoms with van der Waals surface area (Å²) in [6, 6.07) is 3.44. The minimum Gasteiger partial charge on any atom is -0.329 e. The first kappa shape index (κ1) is 16.0. The summed E-state index contributed by atoms with van der Waals surface area (Å²) in [4.78, 5) is 8.01. The number of nitrogens with zero attached hydrogens (tertiary/aromatic N) is 2. The second kappa shape index (κ2) is 7.03. The molecule has 0 bridgehead atoms. The maximum atomic E-state index is 6.08. The first-order valence-electron chi connectivity index (χ1n) is 7.81. The topological polar surface area (TPSA) is 32.5 Å². The summed E-state index contributed by atoms with van der Waals surface area (Å²) in [5.74, 6) is 0. The molecule has 1 saturated heterocycles. The molecule has 1 fully saturated rings. The van der Waals surface area contributed by atoms with Crippen molar-refractivity contribution in [2.24, 2.45) is 5.73 Å². The summed E-state index contributed by atoms with van der Waals surface area (Å²) in [5, 5.41) is 0. The minimum atomic E-state index is 0.402. The fourth-order valence-electron chi connectivity index (χ4n) is 3.20. The van der Waals surface area contributed by atoms with Crippen molar-refractivity contribution in [2.45, 2.75) is 46.2 Å². The molecule has 20 heavy (non-hydrogen) atoms. The highest BCUT2D eigenvalue weighted by Gasteiger charge is 2.27. The summed E-state index contributed by atoms with van der Waals surface area (Å²) in [6.45, 7) is 14.4. The van der Waals surface area contributed by atoms with Crippen molar-refractivity contribution in [1.29, 1.82) is 0 Å². The Morgan fingerprint density at radius 2 is 1.80 bits per heavy atom. The average molecular weight is 295 g/mol. The number of hydrogen-bond acceptors (Lipinski definition) is 4. The lowest BCUT2D eigenvalue weighted by atomic mass is 10.0. The van der Waals surface area contributed by atoms with Gasteiger partial charge in [-0.1, -0.05) is 6.92 Å². The molecule has 0 radical (unpaired) electrons. The zero-order valence-electron chi connectivity index (χ0n) is 13.4. The summed E-state index contributed by atoms with van der Waals surface area (Å²) < 4.78 is 0. The van der Waals surface area contributed by atoms with E-state index in [1.165, 1.54) is 34.8 Å². The van der Waals surface area contributed by atoms with Crippen LogP contribution in [0.15, 0.2) is 6.07 Å². The maximum absolute atomic E-state index is 6.08. The van der Waals surface area contributed by atoms with Gasteiger partial charge in [0.05, 0.1) is 0 Å². The molecule has 2 unspecified atom stereocenters. The molecule has 2 rings (SSSR count). The van der Waals surface area contributed by atoms with E-state index >= 15 is 0 Å². The van der Waals surface area contributed by atoms with Gasteiger partial charge in [-0.05, 0) is 38.8 Å². The number of nitrogens with two attached hydrogens (primary N) is 1. The van der Waals surface area contributed by atoms with Crippen LogP contribution in [-0.4, -0.2) is 48.6 Å². The lowest BCUT2D eigenvalue weighted by molar-refractivity contribution is 0.0743. The molecular weight excluding hydrogens is 266 g/mol. The third kappa shape index (κ3) is 3.42. The molecule has 1 aliphatic heterocycles. The van der Waals surface area contributed by atoms with E-state index in [1.807, 2.05) is 11.3 Å². The number of aryl methyl sites for hydroxylation is 2. The van der Waals surface area contributed by atoms with Crippen LogP contribution in [0.1, 0.15) is 41.6 Å². The van der Waals surface area contributed by atoms with Crippen LogP contribution in [0.2, 0.25) is 0 Å². The van der Waals surface area contributed by atoms with Gasteiger partial charge in [0.25, 0.3) is 0 Å². The van der Waals surface area contributed by atoms with Gasteiger partial charge < -0.3 is 5.73 Å². The molecule has 0 saturated carbocycles. The van der Waals surface area contributed by atoms with Gasteiger partial charge in [-0.3, -0.25) is 9.80 Å². The molecule has 2 heterocycles. The molecule has 4 heteroatoms. The van der Waals surface area contributed by atoms with Crippen LogP contribution < -0.4 is 5.73 Å². The summed E-state index contributed by atoms with van der Waals surface area (Å²) in [5.41, 5.74) is 7.53. The molecule has 0 aliphatic carbocycles. The smallest absolute Gasteiger partial charge is 0.0482 e. The Morgan fingerprint density at radius 1 is 1.20 bits per heavy atom. The second-order valence-corrected chi connectivity index (χ2v) is 7.41. The third-order valence-electron chi connectivity index (χ3n) is 4.67. The Labute approximate surface area is 127 Å². The van der Waals surface area contributed by atoms with Crippen molar-refractivity contribution in [3.63, 3.8) is 0 Å². The van der Waals surface area contributed by atoms with Gasteiger partial charge in [0.2, 0.25) is 0 Å². The Kier molecular flexibility index (Phi) is 5.61. The maximum Gasteiger partial charge on any atom is 0.0482 e. The van der Waals surface area contributed by atoms with Crippen molar-refractivity contribution in [2.75, 3.05) is 32.7 Å². The highest BCUT2D eigenvalue weighted by Crippen LogP contribution is 2.30. The standard InChI is InChI=1S/C16H29N3S/c1-5-12(2)18-6-8-19(9-7-18)16(11-17)15-10-13(3)20-14(15)4/h10,12,16H,5-9,11,17H2,1-4H3. The lowest BCUT2D eigenvalue weighted by Crippen LogP contribution is -2.51. The lowest BCUT2D eigenvalue weighted by Gasteiger charge is -2.41. The Morgan fingerprint density at radius 3 is 2.25 bits per heavy atom. The molecular formula is C16H29N3S. The van der Waals surface area contributed by atoms with E-state index in [9.17, 15) is 0 Å². The van der Waals surface area contributed by atoms with Crippen LogP contribution >= 0.6 is 11.3 Å². The molecule has 3 nitrogen and oxygen atoms in total. The van der Waals surface area contributed by atoms with Crippen molar-refractivity contribution < 1.29 is 0 Å².